The summed E-state index contributed by atoms with van der Waals surface area (Å²) in [5, 5.41) is 16.4. The van der Waals surface area contributed by atoms with E-state index in [1.165, 1.54) is 6.26 Å². The second-order valence-corrected chi connectivity index (χ2v) is 6.46. The molecule has 142 valence electrons. The first-order valence-electron chi connectivity index (χ1n) is 8.99. The summed E-state index contributed by atoms with van der Waals surface area (Å²) in [5.74, 6) is 1.01. The zero-order valence-electron chi connectivity index (χ0n) is 15.1. The van der Waals surface area contributed by atoms with Crippen molar-refractivity contribution in [2.75, 3.05) is 10.6 Å². The third-order valence-corrected chi connectivity index (χ3v) is 4.36. The van der Waals surface area contributed by atoms with Gasteiger partial charge in [-0.05, 0) is 48.9 Å². The lowest BCUT2D eigenvalue weighted by Gasteiger charge is -2.17. The number of aromatic nitrogens is 2. The van der Waals surface area contributed by atoms with Crippen molar-refractivity contribution in [3.05, 3.63) is 84.6 Å². The van der Waals surface area contributed by atoms with Gasteiger partial charge in [-0.25, -0.2) is 9.97 Å². The monoisotopic (exact) mass is 375 g/mol. The average molecular weight is 375 g/mol. The van der Waals surface area contributed by atoms with Crippen LogP contribution in [0.2, 0.25) is 0 Å². The van der Waals surface area contributed by atoms with E-state index in [2.05, 4.69) is 20.6 Å². The zero-order valence-corrected chi connectivity index (χ0v) is 15.1. The van der Waals surface area contributed by atoms with Crippen molar-refractivity contribution in [3.8, 4) is 11.3 Å². The van der Waals surface area contributed by atoms with Crippen LogP contribution in [0, 0.1) is 0 Å². The topological polar surface area (TPSA) is 109 Å². The van der Waals surface area contributed by atoms with Crippen molar-refractivity contribution in [2.45, 2.75) is 18.7 Å². The Morgan fingerprint density at radius 2 is 2.04 bits per heavy atom. The van der Waals surface area contributed by atoms with Crippen LogP contribution >= 0.6 is 0 Å². The maximum absolute atomic E-state index is 10.1. The first kappa shape index (κ1) is 17.8. The van der Waals surface area contributed by atoms with Gasteiger partial charge in [-0.15, -0.1) is 0 Å². The minimum atomic E-state index is -0.902. The van der Waals surface area contributed by atoms with Gasteiger partial charge in [0.25, 0.3) is 0 Å². The normalized spacial score (nSPS) is 17.0. The predicted octanol–water partition coefficient (Wildman–Crippen LogP) is 3.42. The molecule has 2 atom stereocenters. The maximum Gasteiger partial charge on any atom is 0.223 e. The second-order valence-electron chi connectivity index (χ2n) is 6.46. The van der Waals surface area contributed by atoms with Crippen LogP contribution in [-0.2, 0) is 0 Å². The summed E-state index contributed by atoms with van der Waals surface area (Å²) in [6, 6.07) is 13.0. The Kier molecular flexibility index (Phi) is 5.07. The van der Waals surface area contributed by atoms with Crippen LogP contribution in [0.4, 0.5) is 11.6 Å². The fourth-order valence-corrected chi connectivity index (χ4v) is 2.98. The Morgan fingerprint density at radius 1 is 1.18 bits per heavy atom. The summed E-state index contributed by atoms with van der Waals surface area (Å²) in [5.41, 5.74) is 9.10. The number of nitrogens with one attached hydrogen (secondary N) is 2. The van der Waals surface area contributed by atoms with Crippen LogP contribution in [0.25, 0.3) is 11.3 Å². The number of hydrogen-bond acceptors (Lipinski definition) is 7. The minimum Gasteiger partial charge on any atom is -0.465 e. The van der Waals surface area contributed by atoms with Crippen molar-refractivity contribution >= 4 is 11.6 Å². The molecule has 0 radical (unpaired) electrons. The minimum absolute atomic E-state index is 0.0786. The number of rotatable bonds is 6. The predicted molar refractivity (Wildman–Crippen MR) is 108 cm³/mol. The molecule has 7 nitrogen and oxygen atoms in total. The summed E-state index contributed by atoms with van der Waals surface area (Å²) in [7, 11) is 0. The van der Waals surface area contributed by atoms with Crippen LogP contribution in [0.3, 0.4) is 0 Å². The molecule has 1 aliphatic carbocycles. The quantitative estimate of drug-likeness (QED) is 0.489. The Hall–Kier alpha value is -3.58. The van der Waals surface area contributed by atoms with E-state index >= 15 is 0 Å². The van der Waals surface area contributed by atoms with Gasteiger partial charge in [0.15, 0.2) is 12.0 Å². The van der Waals surface area contributed by atoms with E-state index in [1.54, 1.807) is 18.3 Å². The van der Waals surface area contributed by atoms with Gasteiger partial charge in [0.05, 0.1) is 18.0 Å². The summed E-state index contributed by atoms with van der Waals surface area (Å²) >= 11 is 0. The van der Waals surface area contributed by atoms with E-state index in [-0.39, 0.29) is 6.04 Å². The number of nitrogens with two attached hydrogens (primary N) is 1. The fourth-order valence-electron chi connectivity index (χ4n) is 2.98. The van der Waals surface area contributed by atoms with Gasteiger partial charge < -0.3 is 25.9 Å². The van der Waals surface area contributed by atoms with Crippen molar-refractivity contribution in [2.24, 2.45) is 5.73 Å². The number of aliphatic hydroxyl groups excluding tert-OH is 1. The number of hydrogen-bond donors (Lipinski definition) is 4. The highest BCUT2D eigenvalue weighted by molar-refractivity contribution is 5.63. The molecule has 0 fully saturated rings. The average Bonchev–Trinajstić information content (AvgIpc) is 3.24. The van der Waals surface area contributed by atoms with Gasteiger partial charge in [0.1, 0.15) is 0 Å². The van der Waals surface area contributed by atoms with E-state index in [0.717, 1.165) is 29.1 Å². The Bertz CT molecular complexity index is 980. The molecule has 4 rings (SSSR count). The van der Waals surface area contributed by atoms with Crippen LogP contribution in [0.5, 0.6) is 0 Å². The van der Waals surface area contributed by atoms with Crippen molar-refractivity contribution in [1.29, 1.82) is 0 Å². The lowest BCUT2D eigenvalue weighted by atomic mass is 10.1. The summed E-state index contributed by atoms with van der Waals surface area (Å²) in [6.45, 7) is 0. The molecule has 2 unspecified atom stereocenters. The fraction of sp³-hybridized carbons (Fsp3) is 0.143. The molecule has 0 bridgehead atoms. The number of anilines is 2. The first-order chi connectivity index (χ1) is 13.7. The number of furan rings is 1. The van der Waals surface area contributed by atoms with Gasteiger partial charge in [0.2, 0.25) is 5.95 Å². The highest BCUT2D eigenvalue weighted by Gasteiger charge is 2.11. The molecule has 3 aromatic rings. The van der Waals surface area contributed by atoms with Gasteiger partial charge in [-0.3, -0.25) is 0 Å². The number of allylic oxidation sites excluding steroid dienone is 1. The lowest BCUT2D eigenvalue weighted by molar-refractivity contribution is 0.178. The second kappa shape index (κ2) is 7.98. The third-order valence-electron chi connectivity index (χ3n) is 4.36. The first-order valence-corrected chi connectivity index (χ1v) is 8.99. The van der Waals surface area contributed by atoms with E-state index in [4.69, 9.17) is 10.2 Å². The molecule has 2 aromatic heterocycles. The molecule has 7 heteroatoms. The van der Waals surface area contributed by atoms with E-state index < -0.39 is 6.23 Å². The van der Waals surface area contributed by atoms with Crippen LogP contribution in [0.15, 0.2) is 83.3 Å². The maximum atomic E-state index is 10.1. The Morgan fingerprint density at radius 3 is 2.79 bits per heavy atom. The molecule has 5 N–H and O–H groups in total. The molecule has 2 heterocycles. The van der Waals surface area contributed by atoms with Gasteiger partial charge in [0, 0.05) is 23.1 Å². The lowest BCUT2D eigenvalue weighted by Crippen LogP contribution is -2.21. The summed E-state index contributed by atoms with van der Waals surface area (Å²) in [4.78, 5) is 8.89. The molecule has 0 saturated carbocycles. The standard InChI is InChI=1S/C21H21N5O2/c22-15-3-1-4-17(13-15)25-21-23-11-10-18(26-21)14-6-8-16(9-7-14)24-20(27)19-5-2-12-28-19/h1-3,5-13,17,20,24,27H,4,22H2,(H,23,25,26). The van der Waals surface area contributed by atoms with Gasteiger partial charge in [-0.1, -0.05) is 18.2 Å². The largest absolute Gasteiger partial charge is 0.465 e. The molecule has 0 amide bonds. The van der Waals surface area contributed by atoms with E-state index in [9.17, 15) is 5.11 Å². The van der Waals surface area contributed by atoms with Crippen molar-refractivity contribution < 1.29 is 9.52 Å². The van der Waals surface area contributed by atoms with E-state index in [0.29, 0.717) is 11.7 Å². The summed E-state index contributed by atoms with van der Waals surface area (Å²) < 4.78 is 5.19. The number of nitrogens with zero attached hydrogens (tertiary/aromatic N) is 2. The van der Waals surface area contributed by atoms with Crippen LogP contribution in [0.1, 0.15) is 18.4 Å². The van der Waals surface area contributed by atoms with Gasteiger partial charge in [-0.2, -0.15) is 0 Å². The van der Waals surface area contributed by atoms with Crippen molar-refractivity contribution in [3.63, 3.8) is 0 Å². The smallest absolute Gasteiger partial charge is 0.223 e. The zero-order chi connectivity index (χ0) is 19.3. The van der Waals surface area contributed by atoms with Crippen LogP contribution < -0.4 is 16.4 Å². The SMILES string of the molecule is NC1=CC(Nc2nccc(-c3ccc(NC(O)c4ccco4)cc3)n2)CC=C1. The van der Waals surface area contributed by atoms with Crippen LogP contribution in [-0.4, -0.2) is 21.1 Å². The highest BCUT2D eigenvalue weighted by atomic mass is 16.4. The molecular weight excluding hydrogens is 354 g/mol. The van der Waals surface area contributed by atoms with E-state index in [1.807, 2.05) is 48.6 Å². The van der Waals surface area contributed by atoms with Gasteiger partial charge >= 0.3 is 0 Å². The molecule has 1 aromatic carbocycles. The van der Waals surface area contributed by atoms with Crippen molar-refractivity contribution in [1.82, 2.24) is 9.97 Å². The molecule has 0 saturated heterocycles. The summed E-state index contributed by atoms with van der Waals surface area (Å²) in [6.07, 6.45) is 9.07. The number of benzene rings is 1. The third kappa shape index (κ3) is 4.21. The molecular formula is C21H21N5O2. The number of aliphatic hydroxyl groups is 1. The molecule has 0 aliphatic heterocycles. The highest BCUT2D eigenvalue weighted by Crippen LogP contribution is 2.23. The molecule has 1 aliphatic rings. The Labute approximate surface area is 162 Å². The molecule has 0 spiro atoms. The molecule has 28 heavy (non-hydrogen) atoms. The Balaban J connectivity index is 1.45.